The fraction of sp³-hybridized carbons (Fsp3) is 0.0500. The second kappa shape index (κ2) is 6.05. The van der Waals surface area contributed by atoms with E-state index in [9.17, 15) is 14.0 Å². The molecule has 0 spiro atoms. The van der Waals surface area contributed by atoms with Gasteiger partial charge in [0.15, 0.2) is 5.82 Å². The molecule has 2 aromatic heterocycles. The zero-order chi connectivity index (χ0) is 18.3. The Morgan fingerprint density at radius 2 is 1.85 bits per heavy atom. The zero-order valence-corrected chi connectivity index (χ0v) is 13.7. The Balaban J connectivity index is 1.93. The van der Waals surface area contributed by atoms with Crippen LogP contribution < -0.4 is 0 Å². The summed E-state index contributed by atoms with van der Waals surface area (Å²) < 4.78 is 29.9. The van der Waals surface area contributed by atoms with E-state index >= 15 is 0 Å². The molecular weight excluding hydrogens is 334 g/mol. The molecule has 0 saturated carbocycles. The summed E-state index contributed by atoms with van der Waals surface area (Å²) in [5.41, 5.74) is 2.68. The van der Waals surface area contributed by atoms with Gasteiger partial charge in [0.2, 0.25) is 5.78 Å². The highest BCUT2D eigenvalue weighted by atomic mass is 19.1. The molecule has 2 aromatic carbocycles. The fourth-order valence-corrected chi connectivity index (χ4v) is 2.89. The summed E-state index contributed by atoms with van der Waals surface area (Å²) in [6.07, 6.45) is 2.88. The third-order valence-corrected chi connectivity index (χ3v) is 4.23. The van der Waals surface area contributed by atoms with Crippen LogP contribution in [0.4, 0.5) is 8.78 Å². The molecule has 6 heteroatoms. The zero-order valence-electron chi connectivity index (χ0n) is 13.7. The van der Waals surface area contributed by atoms with Crippen LogP contribution >= 0.6 is 0 Å². The molecule has 4 nitrogen and oxygen atoms in total. The van der Waals surface area contributed by atoms with Crippen LogP contribution in [0.1, 0.15) is 11.3 Å². The lowest BCUT2D eigenvalue weighted by Crippen LogP contribution is -1.97. The Kier molecular flexibility index (Phi) is 3.70. The summed E-state index contributed by atoms with van der Waals surface area (Å²) in [6, 6.07) is 13.4. The lowest BCUT2D eigenvalue weighted by molar-refractivity contribution is 0.600. The van der Waals surface area contributed by atoms with E-state index in [1.54, 1.807) is 49.5 Å². The standard InChI is InChI=1S/C20H12F2N4/c1-12-18(22)11-26-19(10-24-20(26)25-12)13-6-7-17(21)16(8-13)15-5-3-2-4-14(15)9-23/h2-8,10-11H,1H3. The minimum absolute atomic E-state index is 0.261. The molecule has 0 aliphatic carbocycles. The molecule has 26 heavy (non-hydrogen) atoms. The number of fused-ring (bicyclic) bond motifs is 1. The Morgan fingerprint density at radius 3 is 2.65 bits per heavy atom. The van der Waals surface area contributed by atoms with Gasteiger partial charge in [-0.1, -0.05) is 18.2 Å². The van der Waals surface area contributed by atoms with Crippen LogP contribution in [0, 0.1) is 29.9 Å². The average molecular weight is 346 g/mol. The molecule has 4 rings (SSSR count). The monoisotopic (exact) mass is 346 g/mol. The molecule has 0 N–H and O–H groups in total. The second-order valence-corrected chi connectivity index (χ2v) is 5.84. The van der Waals surface area contributed by atoms with Crippen molar-refractivity contribution in [1.29, 1.82) is 5.26 Å². The van der Waals surface area contributed by atoms with Crippen LogP contribution in [-0.4, -0.2) is 14.4 Å². The highest BCUT2D eigenvalue weighted by molar-refractivity contribution is 5.76. The number of aromatic nitrogens is 3. The molecule has 0 amide bonds. The van der Waals surface area contributed by atoms with Crippen LogP contribution in [0.3, 0.4) is 0 Å². The van der Waals surface area contributed by atoms with Crippen molar-refractivity contribution < 1.29 is 8.78 Å². The number of hydrogen-bond acceptors (Lipinski definition) is 3. The van der Waals surface area contributed by atoms with Crippen molar-refractivity contribution in [2.75, 3.05) is 0 Å². The molecule has 0 aliphatic heterocycles. The predicted molar refractivity (Wildman–Crippen MR) is 93.2 cm³/mol. The first-order valence-corrected chi connectivity index (χ1v) is 7.88. The van der Waals surface area contributed by atoms with Gasteiger partial charge >= 0.3 is 0 Å². The number of hydrogen-bond donors (Lipinski definition) is 0. The Hall–Kier alpha value is -3.59. The third-order valence-electron chi connectivity index (χ3n) is 4.23. The quantitative estimate of drug-likeness (QED) is 0.536. The molecule has 126 valence electrons. The van der Waals surface area contributed by atoms with Crippen LogP contribution in [0.15, 0.2) is 54.9 Å². The number of rotatable bonds is 2. The number of nitrogens with zero attached hydrogens (tertiary/aromatic N) is 4. The minimum Gasteiger partial charge on any atom is -0.281 e. The number of halogens is 2. The molecular formula is C20H12F2N4. The molecule has 0 saturated heterocycles. The Morgan fingerprint density at radius 1 is 1.04 bits per heavy atom. The van der Waals surface area contributed by atoms with Crippen LogP contribution in [-0.2, 0) is 0 Å². The van der Waals surface area contributed by atoms with Gasteiger partial charge in [0.1, 0.15) is 5.82 Å². The lowest BCUT2D eigenvalue weighted by atomic mass is 9.97. The van der Waals surface area contributed by atoms with Crippen molar-refractivity contribution in [2.24, 2.45) is 0 Å². The number of benzene rings is 2. The van der Waals surface area contributed by atoms with Gasteiger partial charge in [0, 0.05) is 16.7 Å². The Labute approximate surface area is 148 Å². The van der Waals surface area contributed by atoms with E-state index in [0.29, 0.717) is 33.7 Å². The molecule has 0 aliphatic rings. The molecule has 0 bridgehead atoms. The van der Waals surface area contributed by atoms with Gasteiger partial charge in [-0.05, 0) is 31.2 Å². The minimum atomic E-state index is -0.450. The molecule has 0 radical (unpaired) electrons. The number of aryl methyl sites for hydroxylation is 1. The van der Waals surface area contributed by atoms with Gasteiger partial charge in [0.05, 0.1) is 35.4 Å². The van der Waals surface area contributed by atoms with Gasteiger partial charge in [-0.2, -0.15) is 5.26 Å². The summed E-state index contributed by atoms with van der Waals surface area (Å²) in [5, 5.41) is 9.29. The first-order valence-electron chi connectivity index (χ1n) is 7.88. The first kappa shape index (κ1) is 15.9. The van der Waals surface area contributed by atoms with Crippen molar-refractivity contribution >= 4 is 5.78 Å². The largest absolute Gasteiger partial charge is 0.281 e. The van der Waals surface area contributed by atoms with Crippen molar-refractivity contribution in [3.05, 3.63) is 77.8 Å². The van der Waals surface area contributed by atoms with Gasteiger partial charge in [-0.3, -0.25) is 4.40 Å². The van der Waals surface area contributed by atoms with E-state index in [0.717, 1.165) is 0 Å². The number of imidazole rings is 1. The van der Waals surface area contributed by atoms with E-state index in [2.05, 4.69) is 16.0 Å². The summed E-state index contributed by atoms with van der Waals surface area (Å²) in [7, 11) is 0. The van der Waals surface area contributed by atoms with E-state index in [1.807, 2.05) is 0 Å². The van der Waals surface area contributed by atoms with Crippen molar-refractivity contribution in [3.63, 3.8) is 0 Å². The van der Waals surface area contributed by atoms with Crippen LogP contribution in [0.2, 0.25) is 0 Å². The van der Waals surface area contributed by atoms with Crippen LogP contribution in [0.5, 0.6) is 0 Å². The normalized spacial score (nSPS) is 10.8. The molecule has 0 unspecified atom stereocenters. The lowest BCUT2D eigenvalue weighted by Gasteiger charge is -2.09. The molecule has 4 aromatic rings. The molecule has 0 atom stereocenters. The highest BCUT2D eigenvalue weighted by Crippen LogP contribution is 2.31. The summed E-state index contributed by atoms with van der Waals surface area (Å²) >= 11 is 0. The van der Waals surface area contributed by atoms with Gasteiger partial charge in [-0.15, -0.1) is 0 Å². The second-order valence-electron chi connectivity index (χ2n) is 5.84. The van der Waals surface area contributed by atoms with E-state index in [4.69, 9.17) is 0 Å². The first-order chi connectivity index (χ1) is 12.6. The van der Waals surface area contributed by atoms with Gasteiger partial charge < -0.3 is 0 Å². The maximum atomic E-state index is 14.4. The Bertz CT molecular complexity index is 1190. The topological polar surface area (TPSA) is 54.0 Å². The SMILES string of the molecule is Cc1nc2ncc(-c3ccc(F)c(-c4ccccc4C#N)c3)n2cc1F. The summed E-state index contributed by atoms with van der Waals surface area (Å²) in [6.45, 7) is 1.57. The smallest absolute Gasteiger partial charge is 0.234 e. The maximum absolute atomic E-state index is 14.4. The van der Waals surface area contributed by atoms with Gasteiger partial charge in [0.25, 0.3) is 0 Å². The number of nitriles is 1. The molecule has 0 fully saturated rings. The van der Waals surface area contributed by atoms with E-state index in [1.165, 1.54) is 16.7 Å². The van der Waals surface area contributed by atoms with E-state index in [-0.39, 0.29) is 5.69 Å². The van der Waals surface area contributed by atoms with Crippen molar-refractivity contribution in [3.8, 4) is 28.5 Å². The highest BCUT2D eigenvalue weighted by Gasteiger charge is 2.14. The van der Waals surface area contributed by atoms with Crippen LogP contribution in [0.25, 0.3) is 28.2 Å². The van der Waals surface area contributed by atoms with Crippen molar-refractivity contribution in [2.45, 2.75) is 6.92 Å². The average Bonchev–Trinajstić information content (AvgIpc) is 3.05. The van der Waals surface area contributed by atoms with Crippen molar-refractivity contribution in [1.82, 2.24) is 14.4 Å². The fourth-order valence-electron chi connectivity index (χ4n) is 2.89. The molecule has 2 heterocycles. The van der Waals surface area contributed by atoms with E-state index < -0.39 is 11.6 Å². The summed E-state index contributed by atoms with van der Waals surface area (Å²) in [5.74, 6) is -0.526. The summed E-state index contributed by atoms with van der Waals surface area (Å²) in [4.78, 5) is 8.30. The van der Waals surface area contributed by atoms with Gasteiger partial charge in [-0.25, -0.2) is 18.7 Å². The predicted octanol–water partition coefficient (Wildman–Crippen LogP) is 4.52. The maximum Gasteiger partial charge on any atom is 0.234 e. The third kappa shape index (κ3) is 2.50.